The van der Waals surface area contributed by atoms with E-state index in [1.54, 1.807) is 16.9 Å². The molecule has 0 spiro atoms. The minimum atomic E-state index is -0.260. The summed E-state index contributed by atoms with van der Waals surface area (Å²) in [5, 5.41) is 4.15. The fourth-order valence-corrected chi connectivity index (χ4v) is 1.83. The summed E-state index contributed by atoms with van der Waals surface area (Å²) in [4.78, 5) is 0. The first-order valence-corrected chi connectivity index (χ1v) is 5.64. The summed E-state index contributed by atoms with van der Waals surface area (Å²) in [7, 11) is 0. The molecule has 0 atom stereocenters. The van der Waals surface area contributed by atoms with Crippen molar-refractivity contribution in [3.63, 3.8) is 0 Å². The van der Waals surface area contributed by atoms with Gasteiger partial charge in [-0.2, -0.15) is 5.10 Å². The maximum Gasteiger partial charge on any atom is 0.137 e. The van der Waals surface area contributed by atoms with Crippen LogP contribution < -0.4 is 5.73 Å². The average molecular weight is 284 g/mol. The second-order valence-corrected chi connectivity index (χ2v) is 4.26. The van der Waals surface area contributed by atoms with Gasteiger partial charge < -0.3 is 5.73 Å². The topological polar surface area (TPSA) is 43.8 Å². The van der Waals surface area contributed by atoms with Gasteiger partial charge in [-0.25, -0.2) is 4.39 Å². The molecule has 0 radical (unpaired) electrons. The molecule has 0 saturated heterocycles. The predicted octanol–water partition coefficient (Wildman–Crippen LogP) is 2.29. The summed E-state index contributed by atoms with van der Waals surface area (Å²) >= 11 is 3.22. The zero-order chi connectivity index (χ0) is 11.5. The minimum absolute atomic E-state index is 0.260. The van der Waals surface area contributed by atoms with Crippen LogP contribution in [0.1, 0.15) is 11.1 Å². The predicted molar refractivity (Wildman–Crippen MR) is 63.3 cm³/mol. The number of rotatable bonds is 3. The van der Waals surface area contributed by atoms with E-state index in [0.29, 0.717) is 17.6 Å². The smallest absolute Gasteiger partial charge is 0.137 e. The van der Waals surface area contributed by atoms with Gasteiger partial charge >= 0.3 is 0 Å². The summed E-state index contributed by atoms with van der Waals surface area (Å²) in [5.74, 6) is -0.260. The van der Waals surface area contributed by atoms with Gasteiger partial charge in [-0.3, -0.25) is 4.68 Å². The zero-order valence-electron chi connectivity index (χ0n) is 8.53. The normalized spacial score (nSPS) is 10.7. The molecule has 0 aliphatic carbocycles. The van der Waals surface area contributed by atoms with Crippen LogP contribution in [0, 0.1) is 5.82 Å². The molecule has 0 unspecified atom stereocenters. The quantitative estimate of drug-likeness (QED) is 0.939. The van der Waals surface area contributed by atoms with Crippen molar-refractivity contribution in [1.29, 1.82) is 0 Å². The van der Waals surface area contributed by atoms with Gasteiger partial charge in [0.15, 0.2) is 0 Å². The number of nitrogens with two attached hydrogens (primary N) is 1. The van der Waals surface area contributed by atoms with E-state index in [9.17, 15) is 4.39 Å². The highest BCUT2D eigenvalue weighted by molar-refractivity contribution is 9.10. The van der Waals surface area contributed by atoms with E-state index >= 15 is 0 Å². The van der Waals surface area contributed by atoms with E-state index in [4.69, 9.17) is 5.73 Å². The molecule has 0 amide bonds. The summed E-state index contributed by atoms with van der Waals surface area (Å²) in [6.07, 6.45) is 3.57. The van der Waals surface area contributed by atoms with E-state index in [1.165, 1.54) is 6.07 Å². The molecule has 1 aromatic heterocycles. The SMILES string of the molecule is NCc1cnn(Cc2cccc(F)c2Br)c1. The number of hydrogen-bond acceptors (Lipinski definition) is 2. The molecule has 2 rings (SSSR count). The van der Waals surface area contributed by atoms with E-state index in [-0.39, 0.29) is 5.82 Å². The molecule has 84 valence electrons. The summed E-state index contributed by atoms with van der Waals surface area (Å²) < 4.78 is 15.5. The highest BCUT2D eigenvalue weighted by Crippen LogP contribution is 2.21. The number of aromatic nitrogens is 2. The first kappa shape index (κ1) is 11.3. The lowest BCUT2D eigenvalue weighted by Crippen LogP contribution is -2.02. The Morgan fingerprint density at radius 3 is 2.94 bits per heavy atom. The van der Waals surface area contributed by atoms with E-state index in [0.717, 1.165) is 11.1 Å². The van der Waals surface area contributed by atoms with Crippen molar-refractivity contribution < 1.29 is 4.39 Å². The monoisotopic (exact) mass is 283 g/mol. The molecule has 2 aromatic rings. The largest absolute Gasteiger partial charge is 0.326 e. The van der Waals surface area contributed by atoms with Crippen LogP contribution in [0.4, 0.5) is 4.39 Å². The molecule has 5 heteroatoms. The number of hydrogen-bond donors (Lipinski definition) is 1. The standard InChI is InChI=1S/C11H11BrFN3/c12-11-9(2-1-3-10(11)13)7-16-6-8(4-14)5-15-16/h1-3,5-6H,4,7,14H2. The molecule has 1 heterocycles. The summed E-state index contributed by atoms with van der Waals surface area (Å²) in [6, 6.07) is 4.96. The molecular weight excluding hydrogens is 273 g/mol. The molecule has 16 heavy (non-hydrogen) atoms. The van der Waals surface area contributed by atoms with Gasteiger partial charge in [0.1, 0.15) is 5.82 Å². The Morgan fingerprint density at radius 2 is 2.25 bits per heavy atom. The zero-order valence-corrected chi connectivity index (χ0v) is 10.1. The van der Waals surface area contributed by atoms with Crippen LogP contribution in [0.2, 0.25) is 0 Å². The number of halogens is 2. The molecule has 0 bridgehead atoms. The molecule has 0 aliphatic heterocycles. The average Bonchev–Trinajstić information content (AvgIpc) is 2.73. The molecule has 0 saturated carbocycles. The molecule has 3 nitrogen and oxygen atoms in total. The second kappa shape index (κ2) is 4.76. The van der Waals surface area contributed by atoms with Gasteiger partial charge in [-0.05, 0) is 27.6 Å². The van der Waals surface area contributed by atoms with Crippen LogP contribution in [0.3, 0.4) is 0 Å². The van der Waals surface area contributed by atoms with E-state index in [2.05, 4.69) is 21.0 Å². The Bertz CT molecular complexity index is 496. The highest BCUT2D eigenvalue weighted by atomic mass is 79.9. The van der Waals surface area contributed by atoms with Crippen molar-refractivity contribution in [2.45, 2.75) is 13.1 Å². The molecule has 1 aromatic carbocycles. The highest BCUT2D eigenvalue weighted by Gasteiger charge is 2.06. The third-order valence-corrected chi connectivity index (χ3v) is 3.17. The Hall–Kier alpha value is -1.20. The number of benzene rings is 1. The van der Waals surface area contributed by atoms with Crippen LogP contribution in [0.25, 0.3) is 0 Å². The lowest BCUT2D eigenvalue weighted by Gasteiger charge is -2.05. The van der Waals surface area contributed by atoms with Crippen molar-refractivity contribution in [3.8, 4) is 0 Å². The summed E-state index contributed by atoms with van der Waals surface area (Å²) in [5.41, 5.74) is 7.31. The molecule has 2 N–H and O–H groups in total. The second-order valence-electron chi connectivity index (χ2n) is 3.46. The molecule has 0 fully saturated rings. The Balaban J connectivity index is 2.23. The Kier molecular flexibility index (Phi) is 3.36. The molecule has 0 aliphatic rings. The lowest BCUT2D eigenvalue weighted by molar-refractivity contribution is 0.611. The van der Waals surface area contributed by atoms with Gasteiger partial charge in [0.05, 0.1) is 17.2 Å². The van der Waals surface area contributed by atoms with Gasteiger partial charge in [0.25, 0.3) is 0 Å². The fraction of sp³-hybridized carbons (Fsp3) is 0.182. The van der Waals surface area contributed by atoms with Gasteiger partial charge in [0, 0.05) is 18.3 Å². The van der Waals surface area contributed by atoms with Crippen molar-refractivity contribution >= 4 is 15.9 Å². The van der Waals surface area contributed by atoms with Crippen LogP contribution in [-0.4, -0.2) is 9.78 Å². The van der Waals surface area contributed by atoms with Gasteiger partial charge in [-0.15, -0.1) is 0 Å². The van der Waals surface area contributed by atoms with Crippen LogP contribution in [0.15, 0.2) is 35.1 Å². The van der Waals surface area contributed by atoms with Crippen LogP contribution in [0.5, 0.6) is 0 Å². The first-order chi connectivity index (χ1) is 7.70. The van der Waals surface area contributed by atoms with Gasteiger partial charge in [0.2, 0.25) is 0 Å². The number of nitrogens with zero attached hydrogens (tertiary/aromatic N) is 2. The fourth-order valence-electron chi connectivity index (χ4n) is 1.44. The summed E-state index contributed by atoms with van der Waals surface area (Å²) in [6.45, 7) is 0.989. The first-order valence-electron chi connectivity index (χ1n) is 4.85. The maximum atomic E-state index is 13.3. The Labute approximate surface area is 101 Å². The van der Waals surface area contributed by atoms with Crippen molar-refractivity contribution in [2.24, 2.45) is 5.73 Å². The third-order valence-electron chi connectivity index (χ3n) is 2.29. The van der Waals surface area contributed by atoms with Crippen molar-refractivity contribution in [2.75, 3.05) is 0 Å². The van der Waals surface area contributed by atoms with Gasteiger partial charge in [-0.1, -0.05) is 12.1 Å². The lowest BCUT2D eigenvalue weighted by atomic mass is 10.2. The third kappa shape index (κ3) is 2.31. The van der Waals surface area contributed by atoms with E-state index < -0.39 is 0 Å². The Morgan fingerprint density at radius 1 is 1.44 bits per heavy atom. The van der Waals surface area contributed by atoms with Crippen molar-refractivity contribution in [1.82, 2.24) is 9.78 Å². The minimum Gasteiger partial charge on any atom is -0.326 e. The molecular formula is C11H11BrFN3. The maximum absolute atomic E-state index is 13.3. The van der Waals surface area contributed by atoms with Crippen molar-refractivity contribution in [3.05, 3.63) is 52.0 Å². The van der Waals surface area contributed by atoms with Crippen LogP contribution in [-0.2, 0) is 13.1 Å². The van der Waals surface area contributed by atoms with E-state index in [1.807, 2.05) is 12.3 Å². The van der Waals surface area contributed by atoms with Crippen LogP contribution >= 0.6 is 15.9 Å².